The van der Waals surface area contributed by atoms with Gasteiger partial charge in [0.15, 0.2) is 0 Å². The monoisotopic (exact) mass is 424 g/mol. The molecule has 0 aliphatic heterocycles. The number of thiol groups is 1. The van der Waals surface area contributed by atoms with E-state index in [2.05, 4.69) is 104 Å². The molecule has 0 fully saturated rings. The third-order valence-corrected chi connectivity index (χ3v) is 6.39. The van der Waals surface area contributed by atoms with Crippen molar-refractivity contribution in [1.82, 2.24) is 0 Å². The lowest BCUT2D eigenvalue weighted by molar-refractivity contribution is 0.0605. The summed E-state index contributed by atoms with van der Waals surface area (Å²) in [4.78, 5) is 0. The molecule has 0 bridgehead atoms. The first-order chi connectivity index (χ1) is 14.4. The van der Waals surface area contributed by atoms with Crippen LogP contribution < -0.4 is 0 Å². The maximum atomic E-state index is 5.81. The van der Waals surface area contributed by atoms with Gasteiger partial charge in [-0.25, -0.2) is 0 Å². The smallest absolute Gasteiger partial charge is 0.0907 e. The van der Waals surface area contributed by atoms with Crippen molar-refractivity contribution in [3.05, 3.63) is 108 Å². The Bertz CT molecular complexity index is 713. The summed E-state index contributed by atoms with van der Waals surface area (Å²) in [6.07, 6.45) is 0. The van der Waals surface area contributed by atoms with Crippen LogP contribution in [0.1, 0.15) is 16.7 Å². The lowest BCUT2D eigenvalue weighted by atomic mass is 9.84. The summed E-state index contributed by atoms with van der Waals surface area (Å²) in [7, 11) is 0. The highest BCUT2D eigenvalue weighted by atomic mass is 32.2. The minimum Gasteiger partial charge on any atom is -0.378 e. The molecule has 0 aromatic heterocycles. The zero-order valence-electron chi connectivity index (χ0n) is 16.6. The maximum Gasteiger partial charge on any atom is 0.0907 e. The van der Waals surface area contributed by atoms with E-state index in [1.165, 1.54) is 16.7 Å². The van der Waals surface area contributed by atoms with Crippen LogP contribution in [-0.4, -0.2) is 37.9 Å². The molecule has 0 unspecified atom stereocenters. The first kappa shape index (κ1) is 22.0. The number of benzene rings is 3. The highest BCUT2D eigenvalue weighted by Gasteiger charge is 2.36. The zero-order valence-corrected chi connectivity index (χ0v) is 18.3. The number of rotatable bonds is 12. The van der Waals surface area contributed by atoms with Gasteiger partial charge in [0.1, 0.15) is 0 Å². The van der Waals surface area contributed by atoms with Gasteiger partial charge >= 0.3 is 0 Å². The molecular formula is C25H28O2S2. The molecule has 0 amide bonds. The molecule has 29 heavy (non-hydrogen) atoms. The van der Waals surface area contributed by atoms with E-state index in [0.717, 1.165) is 11.5 Å². The SMILES string of the molecule is SCCOCCOCCSC(c1ccccc1)(c1ccccc1)c1ccccc1. The second-order valence-electron chi connectivity index (χ2n) is 6.58. The normalized spacial score (nSPS) is 11.5. The second kappa shape index (κ2) is 12.1. The third kappa shape index (κ3) is 5.89. The molecular weight excluding hydrogens is 396 g/mol. The predicted octanol–water partition coefficient (Wildman–Crippen LogP) is 5.67. The van der Waals surface area contributed by atoms with Gasteiger partial charge in [-0.3, -0.25) is 0 Å². The van der Waals surface area contributed by atoms with Crippen molar-refractivity contribution in [2.24, 2.45) is 0 Å². The molecule has 0 spiro atoms. The standard InChI is InChI=1S/C25H28O2S2/c28-20-18-26-16-17-27-19-21-29-25(22-10-4-1-5-11-22,23-12-6-2-7-13-23)24-14-8-3-9-15-24/h1-15,28H,16-21H2. The number of hydrogen-bond acceptors (Lipinski definition) is 4. The van der Waals surface area contributed by atoms with Gasteiger partial charge in [0.2, 0.25) is 0 Å². The summed E-state index contributed by atoms with van der Waals surface area (Å²) in [5.74, 6) is 1.62. The van der Waals surface area contributed by atoms with Crippen LogP contribution in [0.3, 0.4) is 0 Å². The van der Waals surface area contributed by atoms with Gasteiger partial charge < -0.3 is 9.47 Å². The fraction of sp³-hybridized carbons (Fsp3) is 0.280. The Morgan fingerprint density at radius 3 is 1.41 bits per heavy atom. The number of hydrogen-bond donors (Lipinski definition) is 1. The summed E-state index contributed by atoms with van der Waals surface area (Å²) in [5.41, 5.74) is 3.83. The van der Waals surface area contributed by atoms with Gasteiger partial charge in [-0.05, 0) is 16.7 Å². The summed E-state index contributed by atoms with van der Waals surface area (Å²) in [5, 5.41) is 0. The molecule has 0 radical (unpaired) electrons. The molecule has 0 saturated carbocycles. The van der Waals surface area contributed by atoms with E-state index >= 15 is 0 Å². The van der Waals surface area contributed by atoms with E-state index in [0.29, 0.717) is 26.4 Å². The lowest BCUT2D eigenvalue weighted by Crippen LogP contribution is -2.26. The molecule has 0 heterocycles. The average molecular weight is 425 g/mol. The molecule has 3 rings (SSSR count). The Hall–Kier alpha value is -1.72. The lowest BCUT2D eigenvalue weighted by Gasteiger charge is -2.35. The van der Waals surface area contributed by atoms with Crippen molar-refractivity contribution in [3.63, 3.8) is 0 Å². The van der Waals surface area contributed by atoms with E-state index < -0.39 is 0 Å². The van der Waals surface area contributed by atoms with Crippen LogP contribution in [0.25, 0.3) is 0 Å². The Labute approximate surface area is 184 Å². The maximum absolute atomic E-state index is 5.81. The van der Waals surface area contributed by atoms with E-state index in [-0.39, 0.29) is 4.75 Å². The number of ether oxygens (including phenoxy) is 2. The molecule has 0 saturated heterocycles. The van der Waals surface area contributed by atoms with Gasteiger partial charge in [-0.15, -0.1) is 11.8 Å². The van der Waals surface area contributed by atoms with Crippen molar-refractivity contribution in [2.45, 2.75) is 4.75 Å². The molecule has 0 atom stereocenters. The summed E-state index contributed by atoms with van der Waals surface area (Å²) in [6.45, 7) is 2.58. The van der Waals surface area contributed by atoms with Gasteiger partial charge in [0.05, 0.1) is 31.2 Å². The van der Waals surface area contributed by atoms with E-state index in [9.17, 15) is 0 Å². The van der Waals surface area contributed by atoms with E-state index in [1.807, 2.05) is 11.8 Å². The quantitative estimate of drug-likeness (QED) is 0.229. The minimum absolute atomic E-state index is 0.282. The first-order valence-corrected chi connectivity index (χ1v) is 11.6. The van der Waals surface area contributed by atoms with Crippen LogP contribution in [0, 0.1) is 0 Å². The first-order valence-electron chi connectivity index (χ1n) is 9.95. The molecule has 2 nitrogen and oxygen atoms in total. The van der Waals surface area contributed by atoms with E-state index in [1.54, 1.807) is 0 Å². The topological polar surface area (TPSA) is 18.5 Å². The highest BCUT2D eigenvalue weighted by molar-refractivity contribution is 8.00. The van der Waals surface area contributed by atoms with E-state index in [4.69, 9.17) is 9.47 Å². The Balaban J connectivity index is 1.83. The molecule has 0 N–H and O–H groups in total. The Morgan fingerprint density at radius 2 is 1.00 bits per heavy atom. The molecule has 0 aliphatic carbocycles. The molecule has 3 aromatic carbocycles. The minimum atomic E-state index is -0.282. The van der Waals surface area contributed by atoms with Crippen LogP contribution in [-0.2, 0) is 14.2 Å². The number of thioether (sulfide) groups is 1. The predicted molar refractivity (Wildman–Crippen MR) is 127 cm³/mol. The highest BCUT2D eigenvalue weighted by Crippen LogP contribution is 2.48. The fourth-order valence-electron chi connectivity index (χ4n) is 3.41. The van der Waals surface area contributed by atoms with Crippen LogP contribution in [0.5, 0.6) is 0 Å². The summed E-state index contributed by atoms with van der Waals surface area (Å²) in [6, 6.07) is 32.2. The van der Waals surface area contributed by atoms with Gasteiger partial charge in [-0.2, -0.15) is 12.6 Å². The van der Waals surface area contributed by atoms with Crippen molar-refractivity contribution in [3.8, 4) is 0 Å². The van der Waals surface area contributed by atoms with Gasteiger partial charge in [0, 0.05) is 11.5 Å². The van der Waals surface area contributed by atoms with Crippen LogP contribution in [0.2, 0.25) is 0 Å². The van der Waals surface area contributed by atoms with Gasteiger partial charge in [-0.1, -0.05) is 91.0 Å². The second-order valence-corrected chi connectivity index (χ2v) is 8.33. The molecule has 3 aromatic rings. The molecule has 4 heteroatoms. The van der Waals surface area contributed by atoms with Crippen molar-refractivity contribution < 1.29 is 9.47 Å². The zero-order chi connectivity index (χ0) is 20.2. The van der Waals surface area contributed by atoms with Crippen molar-refractivity contribution in [2.75, 3.05) is 37.9 Å². The Morgan fingerprint density at radius 1 is 0.586 bits per heavy atom. The third-order valence-electron chi connectivity index (χ3n) is 4.69. The summed E-state index contributed by atoms with van der Waals surface area (Å²) >= 11 is 6.06. The summed E-state index contributed by atoms with van der Waals surface area (Å²) < 4.78 is 11.0. The fourth-order valence-corrected chi connectivity index (χ4v) is 4.95. The van der Waals surface area contributed by atoms with Crippen molar-refractivity contribution >= 4 is 24.4 Å². The van der Waals surface area contributed by atoms with Crippen molar-refractivity contribution in [1.29, 1.82) is 0 Å². The average Bonchev–Trinajstić information content (AvgIpc) is 2.80. The Kier molecular flexibility index (Phi) is 9.16. The van der Waals surface area contributed by atoms with Gasteiger partial charge in [0.25, 0.3) is 0 Å². The van der Waals surface area contributed by atoms with Crippen LogP contribution in [0.4, 0.5) is 0 Å². The largest absolute Gasteiger partial charge is 0.378 e. The molecule has 0 aliphatic rings. The molecule has 152 valence electrons. The van der Waals surface area contributed by atoms with Crippen LogP contribution in [0.15, 0.2) is 91.0 Å². The van der Waals surface area contributed by atoms with Crippen LogP contribution >= 0.6 is 24.4 Å².